The summed E-state index contributed by atoms with van der Waals surface area (Å²) in [6, 6.07) is 22.4. The summed E-state index contributed by atoms with van der Waals surface area (Å²) in [4.78, 5) is 63.4. The van der Waals surface area contributed by atoms with Crippen LogP contribution in [0.3, 0.4) is 0 Å². The Labute approximate surface area is 439 Å². The van der Waals surface area contributed by atoms with Crippen LogP contribution >= 0.6 is 34.3 Å². The SMILES string of the molecule is Cc1ccsc1-c1ccc(CNC(=O)[C@@H]2C[C@@H](O)CN2C(=O)[C@@H](NC(=O)COCCCOc2ccc([C@@H](C)NC(=O)C[C@@H]3N=C(c4ccc(Cl)cc4)c4c(sc(C)c4C)-n4c(C)nnc43)cc2)C(C)(C)C)cc1. The van der Waals surface area contributed by atoms with E-state index in [0.29, 0.717) is 29.6 Å². The fourth-order valence-corrected chi connectivity index (χ4v) is 11.4. The maximum absolute atomic E-state index is 14.1. The molecule has 0 saturated carbocycles. The first kappa shape index (κ1) is 53.1. The topological polar surface area (TPSA) is 189 Å². The van der Waals surface area contributed by atoms with Crippen LogP contribution in [0, 0.1) is 33.1 Å². The molecule has 18 heteroatoms. The van der Waals surface area contributed by atoms with Gasteiger partial charge in [-0.1, -0.05) is 80.9 Å². The summed E-state index contributed by atoms with van der Waals surface area (Å²) in [5.74, 6) is 0.502. The molecule has 384 valence electrons. The minimum atomic E-state index is -0.972. The standard InChI is InChI=1S/C55H63ClN8O7S2/c1-31-22-25-72-49(31)39-12-10-36(11-13-39)28-57-52(68)44-26-41(65)29-63(44)53(69)50(55(6,7)8)60-46(67)30-70-23-9-24-71-42-20-16-37(17-21-42)33(3)58-45(66)27-43-51-62-61-35(5)64(51)54-47(32(2)34(4)73-54)48(59-43)38-14-18-40(56)19-15-38/h10-22,25,33,41,43-44,50,65H,9,23-24,26-30H2,1-8H3,(H,57,68)(H,58,66)(H,60,67)/t33-,41-,43+,44+,50-/m1/s1. The van der Waals surface area contributed by atoms with Crippen molar-refractivity contribution in [1.82, 2.24) is 35.6 Å². The maximum Gasteiger partial charge on any atom is 0.246 e. The maximum atomic E-state index is 14.1. The molecular weight excluding hydrogens is 984 g/mol. The van der Waals surface area contributed by atoms with Crippen molar-refractivity contribution in [1.29, 1.82) is 0 Å². The fraction of sp³-hybridized carbons (Fsp3) is 0.400. The highest BCUT2D eigenvalue weighted by Gasteiger charge is 2.44. The number of carbonyl (C=O) groups excluding carboxylic acids is 4. The number of amides is 4. The number of carbonyl (C=O) groups is 4. The average molecular weight is 1050 g/mol. The first-order valence-corrected chi connectivity index (χ1v) is 26.6. The van der Waals surface area contributed by atoms with Crippen LogP contribution < -0.4 is 20.7 Å². The minimum absolute atomic E-state index is 0.0178. The van der Waals surface area contributed by atoms with E-state index in [2.05, 4.69) is 58.4 Å². The summed E-state index contributed by atoms with van der Waals surface area (Å²) in [6.07, 6.45) is -0.225. The van der Waals surface area contributed by atoms with Crippen LogP contribution in [-0.4, -0.2) is 98.7 Å². The van der Waals surface area contributed by atoms with E-state index in [1.54, 1.807) is 22.7 Å². The molecule has 4 amide bonds. The Kier molecular flexibility index (Phi) is 16.6. The summed E-state index contributed by atoms with van der Waals surface area (Å²) in [5.41, 5.74) is 7.21. The number of aromatic nitrogens is 3. The molecule has 2 aliphatic rings. The molecule has 73 heavy (non-hydrogen) atoms. The van der Waals surface area contributed by atoms with Gasteiger partial charge in [-0.3, -0.25) is 28.7 Å². The molecule has 15 nitrogen and oxygen atoms in total. The third-order valence-corrected chi connectivity index (χ3v) is 15.8. The van der Waals surface area contributed by atoms with E-state index in [1.165, 1.54) is 20.2 Å². The minimum Gasteiger partial charge on any atom is -0.494 e. The molecule has 8 rings (SSSR count). The van der Waals surface area contributed by atoms with Gasteiger partial charge in [0, 0.05) is 51.8 Å². The highest BCUT2D eigenvalue weighted by atomic mass is 35.5. The first-order chi connectivity index (χ1) is 34.9. The number of β-amino-alcohol motifs (C(OH)–C–C–N with tert-alkyl or cyclic N) is 1. The smallest absolute Gasteiger partial charge is 0.246 e. The van der Waals surface area contributed by atoms with Crippen LogP contribution in [0.25, 0.3) is 15.4 Å². The second-order valence-electron chi connectivity index (χ2n) is 19.8. The third-order valence-electron chi connectivity index (χ3n) is 13.3. The van der Waals surface area contributed by atoms with Crippen molar-refractivity contribution in [2.24, 2.45) is 10.4 Å². The molecule has 0 spiro atoms. The molecule has 0 unspecified atom stereocenters. The van der Waals surface area contributed by atoms with E-state index < -0.39 is 41.5 Å². The van der Waals surface area contributed by atoms with Gasteiger partial charge in [0.25, 0.3) is 0 Å². The zero-order valence-electron chi connectivity index (χ0n) is 42.5. The highest BCUT2D eigenvalue weighted by Crippen LogP contribution is 2.40. The second kappa shape index (κ2) is 22.9. The normalized spacial score (nSPS) is 17.2. The molecule has 5 heterocycles. The van der Waals surface area contributed by atoms with Crippen molar-refractivity contribution >= 4 is 63.6 Å². The third kappa shape index (κ3) is 12.4. The molecular formula is C55H63ClN8O7S2. The number of aliphatic imine (C=N–C) groups is 1. The number of ether oxygens (including phenoxy) is 2. The zero-order chi connectivity index (χ0) is 52.1. The summed E-state index contributed by atoms with van der Waals surface area (Å²) in [7, 11) is 0. The van der Waals surface area contributed by atoms with Crippen LogP contribution in [0.15, 0.2) is 89.2 Å². The number of aliphatic hydroxyl groups excluding tert-OH is 1. The number of hydrogen-bond donors (Lipinski definition) is 4. The monoisotopic (exact) mass is 1050 g/mol. The Morgan fingerprint density at radius 2 is 1.60 bits per heavy atom. The van der Waals surface area contributed by atoms with Gasteiger partial charge in [-0.25, -0.2) is 0 Å². The lowest BCUT2D eigenvalue weighted by Gasteiger charge is -2.35. The van der Waals surface area contributed by atoms with Crippen molar-refractivity contribution in [2.45, 2.75) is 111 Å². The number of aryl methyl sites for hydroxylation is 3. The first-order valence-electron chi connectivity index (χ1n) is 24.5. The van der Waals surface area contributed by atoms with Gasteiger partial charge in [0.05, 0.1) is 37.5 Å². The average Bonchev–Trinajstić information content (AvgIpc) is 4.13. The van der Waals surface area contributed by atoms with Crippen LogP contribution in [0.5, 0.6) is 5.75 Å². The van der Waals surface area contributed by atoms with Crippen molar-refractivity contribution in [2.75, 3.05) is 26.4 Å². The van der Waals surface area contributed by atoms with Gasteiger partial charge in [0.2, 0.25) is 23.6 Å². The van der Waals surface area contributed by atoms with Crippen molar-refractivity contribution < 1.29 is 33.8 Å². The second-order valence-corrected chi connectivity index (χ2v) is 22.4. The number of fused-ring (bicyclic) bond motifs is 3. The van der Waals surface area contributed by atoms with Crippen LogP contribution in [0.1, 0.15) is 109 Å². The molecule has 1 saturated heterocycles. The summed E-state index contributed by atoms with van der Waals surface area (Å²) >= 11 is 9.61. The Balaban J connectivity index is 0.782. The van der Waals surface area contributed by atoms with E-state index >= 15 is 0 Å². The van der Waals surface area contributed by atoms with E-state index in [1.807, 2.05) is 112 Å². The van der Waals surface area contributed by atoms with Crippen LogP contribution in [0.2, 0.25) is 5.02 Å². The zero-order valence-corrected chi connectivity index (χ0v) is 44.8. The number of aliphatic hydroxyl groups is 1. The van der Waals surface area contributed by atoms with Crippen molar-refractivity contribution in [3.05, 3.63) is 139 Å². The van der Waals surface area contributed by atoms with Gasteiger partial charge in [-0.05, 0) is 104 Å². The molecule has 1 fully saturated rings. The van der Waals surface area contributed by atoms with Gasteiger partial charge >= 0.3 is 0 Å². The molecule has 0 bridgehead atoms. The molecule has 4 N–H and O–H groups in total. The van der Waals surface area contributed by atoms with E-state index in [-0.39, 0.29) is 57.0 Å². The lowest BCUT2D eigenvalue weighted by molar-refractivity contribution is -0.144. The highest BCUT2D eigenvalue weighted by molar-refractivity contribution is 7.15. The van der Waals surface area contributed by atoms with Crippen LogP contribution in [-0.2, 0) is 30.5 Å². The lowest BCUT2D eigenvalue weighted by atomic mass is 9.85. The number of thiophene rings is 2. The number of nitrogens with one attached hydrogen (secondary N) is 3. The van der Waals surface area contributed by atoms with Gasteiger partial charge in [0.1, 0.15) is 41.3 Å². The summed E-state index contributed by atoms with van der Waals surface area (Å²) in [6.45, 7) is 16.1. The molecule has 0 aliphatic carbocycles. The van der Waals surface area contributed by atoms with Gasteiger partial charge in [-0.2, -0.15) is 0 Å². The predicted octanol–water partition coefficient (Wildman–Crippen LogP) is 8.70. The fourth-order valence-electron chi connectivity index (χ4n) is 9.13. The molecule has 6 aromatic rings. The number of nitrogens with zero attached hydrogens (tertiary/aromatic N) is 5. The van der Waals surface area contributed by atoms with Gasteiger partial charge < -0.3 is 35.4 Å². The Bertz CT molecular complexity index is 2980. The molecule has 5 atom stereocenters. The largest absolute Gasteiger partial charge is 0.494 e. The number of hydrogen-bond acceptors (Lipinski definition) is 12. The van der Waals surface area contributed by atoms with Crippen molar-refractivity contribution in [3.63, 3.8) is 0 Å². The summed E-state index contributed by atoms with van der Waals surface area (Å²) in [5, 5.41) is 32.1. The quantitative estimate of drug-likeness (QED) is 0.0611. The molecule has 2 aliphatic heterocycles. The Hall–Kier alpha value is -6.24. The number of benzene rings is 3. The number of likely N-dealkylation sites (tertiary alicyclic amines) is 1. The van der Waals surface area contributed by atoms with Crippen LogP contribution in [0.4, 0.5) is 0 Å². The van der Waals surface area contributed by atoms with E-state index in [0.717, 1.165) is 49.9 Å². The van der Waals surface area contributed by atoms with Crippen molar-refractivity contribution in [3.8, 4) is 21.2 Å². The number of rotatable bonds is 18. The molecule has 3 aromatic carbocycles. The molecule has 3 aromatic heterocycles. The van der Waals surface area contributed by atoms with E-state index in [9.17, 15) is 24.3 Å². The Morgan fingerprint density at radius 3 is 2.29 bits per heavy atom. The van der Waals surface area contributed by atoms with Gasteiger partial charge in [-0.15, -0.1) is 32.9 Å². The summed E-state index contributed by atoms with van der Waals surface area (Å²) < 4.78 is 13.7. The van der Waals surface area contributed by atoms with E-state index in [4.69, 9.17) is 26.1 Å². The predicted molar refractivity (Wildman–Crippen MR) is 286 cm³/mol. The number of halogens is 1. The lowest BCUT2D eigenvalue weighted by Crippen LogP contribution is -2.58. The van der Waals surface area contributed by atoms with Gasteiger partial charge in [0.15, 0.2) is 5.82 Å². The Morgan fingerprint density at radius 1 is 0.890 bits per heavy atom. The molecule has 0 radical (unpaired) electrons.